The third kappa shape index (κ3) is 4.10. The molecule has 0 fully saturated rings. The Hall–Kier alpha value is -1.82. The number of aromatic nitrogens is 2. The van der Waals surface area contributed by atoms with Gasteiger partial charge in [0.2, 0.25) is 11.2 Å². The van der Waals surface area contributed by atoms with E-state index in [1.807, 2.05) is 44.2 Å². The first-order chi connectivity index (χ1) is 9.15. The molecule has 0 atom stereocenters. The van der Waals surface area contributed by atoms with Crippen LogP contribution in [0, 0.1) is 0 Å². The third-order valence-corrected chi connectivity index (χ3v) is 3.40. The van der Waals surface area contributed by atoms with Crippen LogP contribution < -0.4 is 10.00 Å². The first-order valence-electron chi connectivity index (χ1n) is 6.01. The second-order valence-electron chi connectivity index (χ2n) is 4.29. The molecule has 0 radical (unpaired) electrons. The largest absolute Gasteiger partial charge is 0.302 e. The fourth-order valence-electron chi connectivity index (χ4n) is 1.40. The maximum Gasteiger partial charge on any atom is 0.302 e. The van der Waals surface area contributed by atoms with E-state index in [4.69, 9.17) is 4.52 Å². The Bertz CT molecular complexity index is 540. The molecule has 0 aliphatic carbocycles. The van der Waals surface area contributed by atoms with E-state index in [-0.39, 0.29) is 11.9 Å². The normalized spacial score (nSPS) is 10.7. The maximum atomic E-state index is 11.7. The molecule has 100 valence electrons. The molecule has 0 aliphatic rings. The summed E-state index contributed by atoms with van der Waals surface area (Å²) in [6.45, 7) is 3.97. The van der Waals surface area contributed by atoms with Crippen molar-refractivity contribution < 1.29 is 14.0 Å². The Balaban J connectivity index is 1.84. The highest BCUT2D eigenvalue weighted by molar-refractivity contribution is 8.00. The molecule has 1 aromatic heterocycles. The number of thioether (sulfide) groups is 1. The molecular weight excluding hydrogens is 262 g/mol. The van der Waals surface area contributed by atoms with E-state index in [0.29, 0.717) is 11.6 Å². The molecule has 0 saturated carbocycles. The highest BCUT2D eigenvalue weighted by Crippen LogP contribution is 2.17. The van der Waals surface area contributed by atoms with Gasteiger partial charge in [0.15, 0.2) is 6.04 Å². The standard InChI is InChI=1S/C13H15N3O2S/c1-10(2)16-8-13(18-15-16)14-12(17)9-19-11-6-4-3-5-7-11/h3-8,10H,9H2,1-2H3/p+1. The van der Waals surface area contributed by atoms with Gasteiger partial charge in [-0.1, -0.05) is 18.2 Å². The third-order valence-electron chi connectivity index (χ3n) is 2.39. The molecule has 6 heteroatoms. The van der Waals surface area contributed by atoms with Crippen molar-refractivity contribution in [3.8, 4) is 0 Å². The van der Waals surface area contributed by atoms with Gasteiger partial charge in [-0.25, -0.2) is 0 Å². The number of nitrogens with zero attached hydrogens (tertiary/aromatic N) is 2. The number of hydrogen-bond acceptors (Lipinski definition) is 4. The van der Waals surface area contributed by atoms with Crippen molar-refractivity contribution in [3.63, 3.8) is 0 Å². The summed E-state index contributed by atoms with van der Waals surface area (Å²) >= 11 is 1.48. The van der Waals surface area contributed by atoms with Crippen LogP contribution in [0.5, 0.6) is 0 Å². The van der Waals surface area contributed by atoms with Crippen molar-refractivity contribution in [1.29, 1.82) is 0 Å². The monoisotopic (exact) mass is 278 g/mol. The van der Waals surface area contributed by atoms with E-state index in [0.717, 1.165) is 4.90 Å². The fraction of sp³-hybridized carbons (Fsp3) is 0.308. The lowest BCUT2D eigenvalue weighted by Gasteiger charge is -2.00. The Morgan fingerprint density at radius 1 is 1.42 bits per heavy atom. The molecule has 5 nitrogen and oxygen atoms in total. The molecule has 1 N–H and O–H groups in total. The minimum Gasteiger partial charge on any atom is -0.288 e. The number of nitrogens with one attached hydrogen (secondary N) is 1. The highest BCUT2D eigenvalue weighted by Gasteiger charge is 2.16. The van der Waals surface area contributed by atoms with Crippen LogP contribution in [0.15, 0.2) is 45.9 Å². The molecule has 1 amide bonds. The van der Waals surface area contributed by atoms with Crippen LogP contribution in [0.25, 0.3) is 0 Å². The average molecular weight is 278 g/mol. The quantitative estimate of drug-likeness (QED) is 0.673. The molecule has 2 aromatic rings. The van der Waals surface area contributed by atoms with Gasteiger partial charge in [0.1, 0.15) is 0 Å². The number of carbonyl (C=O) groups is 1. The number of amides is 1. The van der Waals surface area contributed by atoms with Crippen LogP contribution >= 0.6 is 11.8 Å². The van der Waals surface area contributed by atoms with Gasteiger partial charge in [0, 0.05) is 4.90 Å². The van der Waals surface area contributed by atoms with Crippen molar-refractivity contribution in [1.82, 2.24) is 5.27 Å². The highest BCUT2D eigenvalue weighted by atomic mass is 32.2. The Morgan fingerprint density at radius 2 is 2.16 bits per heavy atom. The van der Waals surface area contributed by atoms with E-state index in [1.165, 1.54) is 11.8 Å². The number of benzene rings is 1. The van der Waals surface area contributed by atoms with Crippen molar-refractivity contribution in [2.75, 3.05) is 11.1 Å². The number of hydrogen-bond donors (Lipinski definition) is 1. The second-order valence-corrected chi connectivity index (χ2v) is 5.34. The van der Waals surface area contributed by atoms with E-state index < -0.39 is 0 Å². The van der Waals surface area contributed by atoms with Crippen LogP contribution in [0.3, 0.4) is 0 Å². The van der Waals surface area contributed by atoms with Gasteiger partial charge < -0.3 is 0 Å². The van der Waals surface area contributed by atoms with Crippen LogP contribution in [0.1, 0.15) is 19.9 Å². The minimum absolute atomic E-state index is 0.110. The van der Waals surface area contributed by atoms with Gasteiger partial charge in [-0.3, -0.25) is 14.6 Å². The van der Waals surface area contributed by atoms with Crippen LogP contribution in [0.4, 0.5) is 5.88 Å². The smallest absolute Gasteiger partial charge is 0.288 e. The summed E-state index contributed by atoms with van der Waals surface area (Å²) < 4.78 is 6.67. The fourth-order valence-corrected chi connectivity index (χ4v) is 2.12. The van der Waals surface area contributed by atoms with Gasteiger partial charge >= 0.3 is 5.88 Å². The summed E-state index contributed by atoms with van der Waals surface area (Å²) in [6, 6.07) is 9.99. The molecule has 0 aliphatic heterocycles. The van der Waals surface area contributed by atoms with Crippen LogP contribution in [0.2, 0.25) is 0 Å². The van der Waals surface area contributed by atoms with Crippen molar-refractivity contribution in [2.24, 2.45) is 0 Å². The van der Waals surface area contributed by atoms with Crippen LogP contribution in [-0.4, -0.2) is 16.9 Å². The predicted octanol–water partition coefficient (Wildman–Crippen LogP) is 2.27. The first-order valence-corrected chi connectivity index (χ1v) is 6.99. The Labute approximate surface area is 116 Å². The second kappa shape index (κ2) is 6.38. The zero-order valence-electron chi connectivity index (χ0n) is 10.9. The number of anilines is 1. The van der Waals surface area contributed by atoms with E-state index in [2.05, 4.69) is 10.6 Å². The first kappa shape index (κ1) is 13.6. The van der Waals surface area contributed by atoms with Gasteiger partial charge in [0.05, 0.1) is 5.75 Å². The summed E-state index contributed by atoms with van der Waals surface area (Å²) in [5.41, 5.74) is 0. The molecule has 0 saturated heterocycles. The van der Waals surface area contributed by atoms with Crippen molar-refractivity contribution in [3.05, 3.63) is 36.5 Å². The molecule has 1 aromatic carbocycles. The van der Waals surface area contributed by atoms with Crippen molar-refractivity contribution in [2.45, 2.75) is 24.8 Å². The van der Waals surface area contributed by atoms with E-state index in [9.17, 15) is 4.79 Å². The molecule has 0 unspecified atom stereocenters. The van der Waals surface area contributed by atoms with Gasteiger partial charge in [0.25, 0.3) is 6.20 Å². The average Bonchev–Trinajstić information content (AvgIpc) is 2.86. The lowest BCUT2D eigenvalue weighted by molar-refractivity contribution is -0.779. The molecule has 0 spiro atoms. The lowest BCUT2D eigenvalue weighted by atomic mass is 10.4. The number of carbonyl (C=O) groups excluding carboxylic acids is 1. The molecule has 19 heavy (non-hydrogen) atoms. The van der Waals surface area contributed by atoms with E-state index in [1.54, 1.807) is 10.9 Å². The molecule has 1 heterocycles. The Kier molecular flexibility index (Phi) is 4.57. The zero-order valence-corrected chi connectivity index (χ0v) is 11.7. The summed E-state index contributed by atoms with van der Waals surface area (Å²) in [7, 11) is 0. The van der Waals surface area contributed by atoms with Crippen molar-refractivity contribution >= 4 is 23.6 Å². The summed E-state index contributed by atoms with van der Waals surface area (Å²) in [4.78, 5) is 12.8. The number of rotatable bonds is 5. The lowest BCUT2D eigenvalue weighted by Crippen LogP contribution is -2.36. The summed E-state index contributed by atoms with van der Waals surface area (Å²) in [5.74, 6) is 0.597. The molecule has 2 rings (SSSR count). The minimum atomic E-state index is -0.110. The predicted molar refractivity (Wildman–Crippen MR) is 72.9 cm³/mol. The summed E-state index contributed by atoms with van der Waals surface area (Å²) in [5, 5.41) is 6.48. The molecular formula is C13H16N3O2S+. The SMILES string of the molecule is CC(C)[n+]1cc(NC(=O)CSc2ccccc2)on1. The van der Waals surface area contributed by atoms with Gasteiger partial charge in [-0.2, -0.15) is 0 Å². The topological polar surface area (TPSA) is 59.0 Å². The maximum absolute atomic E-state index is 11.7. The summed E-state index contributed by atoms with van der Waals surface area (Å²) in [6.07, 6.45) is 1.68. The Morgan fingerprint density at radius 3 is 2.79 bits per heavy atom. The van der Waals surface area contributed by atoms with Gasteiger partial charge in [-0.05, 0) is 30.7 Å². The van der Waals surface area contributed by atoms with E-state index >= 15 is 0 Å². The zero-order chi connectivity index (χ0) is 13.7. The van der Waals surface area contributed by atoms with Gasteiger partial charge in [-0.15, -0.1) is 11.8 Å². The molecule has 0 bridgehead atoms. The van der Waals surface area contributed by atoms with Crippen LogP contribution in [-0.2, 0) is 4.79 Å².